The molecule has 6 heteroatoms. The molecule has 6 nitrogen and oxygen atoms in total. The number of hydrogen-bond acceptors (Lipinski definition) is 5. The number of aryl methyl sites for hydroxylation is 2. The first kappa shape index (κ1) is 14.5. The number of rotatable bonds is 3. The van der Waals surface area contributed by atoms with Crippen molar-refractivity contribution in [2.24, 2.45) is 0 Å². The molecule has 2 aliphatic rings. The Labute approximate surface area is 124 Å². The Hall–Kier alpha value is -1.40. The summed E-state index contributed by atoms with van der Waals surface area (Å²) >= 11 is 0. The summed E-state index contributed by atoms with van der Waals surface area (Å²) in [6.45, 7) is 5.03. The second kappa shape index (κ2) is 6.15. The molecule has 1 saturated carbocycles. The molecule has 0 bridgehead atoms. The summed E-state index contributed by atoms with van der Waals surface area (Å²) in [5, 5.41) is 6.98. The van der Waals surface area contributed by atoms with Gasteiger partial charge in [0.2, 0.25) is 5.91 Å². The zero-order chi connectivity index (χ0) is 14.8. The van der Waals surface area contributed by atoms with Gasteiger partial charge in [-0.05, 0) is 33.1 Å². The third kappa shape index (κ3) is 3.27. The van der Waals surface area contributed by atoms with Gasteiger partial charge in [0.25, 0.3) is 0 Å². The molecule has 1 aliphatic heterocycles. The van der Waals surface area contributed by atoms with Crippen LogP contribution in [0.15, 0.2) is 4.52 Å². The molecule has 0 spiro atoms. The van der Waals surface area contributed by atoms with Crippen LogP contribution in [0.25, 0.3) is 0 Å². The minimum absolute atomic E-state index is 0.0181. The van der Waals surface area contributed by atoms with Crippen LogP contribution in [0, 0.1) is 13.8 Å². The average Bonchev–Trinajstić information content (AvgIpc) is 2.79. The van der Waals surface area contributed by atoms with Gasteiger partial charge in [0.1, 0.15) is 5.76 Å². The van der Waals surface area contributed by atoms with Crippen molar-refractivity contribution in [3.05, 3.63) is 17.0 Å². The van der Waals surface area contributed by atoms with Crippen molar-refractivity contribution in [1.29, 1.82) is 0 Å². The summed E-state index contributed by atoms with van der Waals surface area (Å²) in [4.78, 5) is 12.2. The summed E-state index contributed by atoms with van der Waals surface area (Å²) in [7, 11) is 0. The van der Waals surface area contributed by atoms with Crippen molar-refractivity contribution in [2.45, 2.75) is 57.8 Å². The minimum atomic E-state index is 0.0181. The maximum absolute atomic E-state index is 12.2. The fraction of sp³-hybridized carbons (Fsp3) is 0.733. The largest absolute Gasteiger partial charge is 0.373 e. The van der Waals surface area contributed by atoms with E-state index in [1.54, 1.807) is 0 Å². The van der Waals surface area contributed by atoms with Gasteiger partial charge >= 0.3 is 0 Å². The molecule has 3 atom stereocenters. The highest BCUT2D eigenvalue weighted by Crippen LogP contribution is 2.26. The second-order valence-corrected chi connectivity index (χ2v) is 5.88. The second-order valence-electron chi connectivity index (χ2n) is 5.88. The molecule has 2 heterocycles. The standard InChI is InChI=1S/C15H22N2O4/c1-9-12(10(2)21-17-9)8-15(18)16-11-3-4-13-14(7-11)20-6-5-19-13/h11,13-14H,3-8H2,1-2H3,(H,16,18). The smallest absolute Gasteiger partial charge is 0.224 e. The molecular formula is C15H22N2O4. The summed E-state index contributed by atoms with van der Waals surface area (Å²) < 4.78 is 16.5. The van der Waals surface area contributed by atoms with Crippen molar-refractivity contribution in [3.63, 3.8) is 0 Å². The number of amides is 1. The molecule has 116 valence electrons. The van der Waals surface area contributed by atoms with Crippen molar-refractivity contribution in [3.8, 4) is 0 Å². The molecule has 3 rings (SSSR count). The molecule has 1 aromatic rings. The maximum Gasteiger partial charge on any atom is 0.224 e. The SMILES string of the molecule is Cc1noc(C)c1CC(=O)NC1CCC2OCCOC2C1. The van der Waals surface area contributed by atoms with Crippen molar-refractivity contribution in [1.82, 2.24) is 10.5 Å². The highest BCUT2D eigenvalue weighted by Gasteiger charge is 2.34. The number of nitrogens with zero attached hydrogens (tertiary/aromatic N) is 1. The highest BCUT2D eigenvalue weighted by molar-refractivity contribution is 5.79. The molecule has 1 aromatic heterocycles. The monoisotopic (exact) mass is 294 g/mol. The van der Waals surface area contributed by atoms with Crippen LogP contribution in [0.4, 0.5) is 0 Å². The zero-order valence-electron chi connectivity index (χ0n) is 12.6. The summed E-state index contributed by atoms with van der Waals surface area (Å²) in [6.07, 6.45) is 3.37. The fourth-order valence-electron chi connectivity index (χ4n) is 3.19. The molecule has 0 radical (unpaired) electrons. The van der Waals surface area contributed by atoms with E-state index in [9.17, 15) is 4.79 Å². The van der Waals surface area contributed by atoms with Gasteiger partial charge in [0.15, 0.2) is 0 Å². The molecule has 0 aromatic carbocycles. The van der Waals surface area contributed by atoms with Crippen LogP contribution < -0.4 is 5.32 Å². The molecule has 1 aliphatic carbocycles. The average molecular weight is 294 g/mol. The Morgan fingerprint density at radius 1 is 1.24 bits per heavy atom. The van der Waals surface area contributed by atoms with Crippen LogP contribution >= 0.6 is 0 Å². The maximum atomic E-state index is 12.2. The quantitative estimate of drug-likeness (QED) is 0.909. The highest BCUT2D eigenvalue weighted by atomic mass is 16.6. The Kier molecular flexibility index (Phi) is 4.26. The first-order valence-corrected chi connectivity index (χ1v) is 7.58. The predicted octanol–water partition coefficient (Wildman–Crippen LogP) is 1.29. The van der Waals surface area contributed by atoms with Gasteiger partial charge in [-0.15, -0.1) is 0 Å². The molecular weight excluding hydrogens is 272 g/mol. The first-order chi connectivity index (χ1) is 10.1. The van der Waals surface area contributed by atoms with E-state index in [0.717, 1.165) is 36.3 Å². The fourth-order valence-corrected chi connectivity index (χ4v) is 3.19. The van der Waals surface area contributed by atoms with Gasteiger partial charge in [-0.25, -0.2) is 0 Å². The van der Waals surface area contributed by atoms with E-state index in [2.05, 4.69) is 10.5 Å². The summed E-state index contributed by atoms with van der Waals surface area (Å²) in [5.41, 5.74) is 1.67. The van der Waals surface area contributed by atoms with Gasteiger partial charge in [-0.1, -0.05) is 5.16 Å². The minimum Gasteiger partial charge on any atom is -0.373 e. The number of nitrogens with one attached hydrogen (secondary N) is 1. The lowest BCUT2D eigenvalue weighted by Crippen LogP contribution is -2.49. The normalized spacial score (nSPS) is 29.0. The number of hydrogen-bond donors (Lipinski definition) is 1. The Morgan fingerprint density at radius 2 is 2.00 bits per heavy atom. The van der Waals surface area contributed by atoms with Gasteiger partial charge in [0.05, 0.1) is 37.5 Å². The van der Waals surface area contributed by atoms with E-state index >= 15 is 0 Å². The molecule has 2 fully saturated rings. The first-order valence-electron chi connectivity index (χ1n) is 7.58. The number of aromatic nitrogens is 1. The molecule has 1 saturated heterocycles. The van der Waals surface area contributed by atoms with Crippen LogP contribution in [0.1, 0.15) is 36.3 Å². The van der Waals surface area contributed by atoms with E-state index in [1.165, 1.54) is 0 Å². The molecule has 21 heavy (non-hydrogen) atoms. The van der Waals surface area contributed by atoms with Crippen LogP contribution in [0.3, 0.4) is 0 Å². The Bertz CT molecular complexity index is 494. The predicted molar refractivity (Wildman–Crippen MR) is 74.9 cm³/mol. The summed E-state index contributed by atoms with van der Waals surface area (Å²) in [6, 6.07) is 0.168. The van der Waals surface area contributed by atoms with E-state index in [0.29, 0.717) is 19.6 Å². The van der Waals surface area contributed by atoms with Crippen molar-refractivity contribution < 1.29 is 18.8 Å². The lowest BCUT2D eigenvalue weighted by molar-refractivity contribution is -0.158. The number of carbonyl (C=O) groups excluding carboxylic acids is 1. The van der Waals surface area contributed by atoms with Gasteiger partial charge in [-0.2, -0.15) is 0 Å². The van der Waals surface area contributed by atoms with Crippen LogP contribution in [-0.2, 0) is 20.7 Å². The number of ether oxygens (including phenoxy) is 2. The third-order valence-electron chi connectivity index (χ3n) is 4.36. The van der Waals surface area contributed by atoms with Crippen LogP contribution in [0.5, 0.6) is 0 Å². The van der Waals surface area contributed by atoms with Gasteiger partial charge in [-0.3, -0.25) is 4.79 Å². The lowest BCUT2D eigenvalue weighted by atomic mass is 9.89. The van der Waals surface area contributed by atoms with E-state index in [-0.39, 0.29) is 24.2 Å². The zero-order valence-corrected chi connectivity index (χ0v) is 12.6. The molecule has 1 N–H and O–H groups in total. The molecule has 3 unspecified atom stereocenters. The Balaban J connectivity index is 1.53. The van der Waals surface area contributed by atoms with E-state index < -0.39 is 0 Å². The number of fused-ring (bicyclic) bond motifs is 1. The molecule has 1 amide bonds. The Morgan fingerprint density at radius 3 is 2.71 bits per heavy atom. The van der Waals surface area contributed by atoms with Crippen molar-refractivity contribution >= 4 is 5.91 Å². The van der Waals surface area contributed by atoms with E-state index in [1.807, 2.05) is 13.8 Å². The van der Waals surface area contributed by atoms with Crippen molar-refractivity contribution in [2.75, 3.05) is 13.2 Å². The van der Waals surface area contributed by atoms with Crippen LogP contribution in [0.2, 0.25) is 0 Å². The third-order valence-corrected chi connectivity index (χ3v) is 4.36. The van der Waals surface area contributed by atoms with E-state index in [4.69, 9.17) is 14.0 Å². The van der Waals surface area contributed by atoms with Gasteiger partial charge in [0, 0.05) is 11.6 Å². The lowest BCUT2D eigenvalue weighted by Gasteiger charge is -2.39. The van der Waals surface area contributed by atoms with Gasteiger partial charge < -0.3 is 19.3 Å². The van der Waals surface area contributed by atoms with Crippen LogP contribution in [-0.4, -0.2) is 42.5 Å². The number of carbonyl (C=O) groups is 1. The summed E-state index contributed by atoms with van der Waals surface area (Å²) in [5.74, 6) is 0.736. The topological polar surface area (TPSA) is 73.6 Å².